The smallest absolute Gasteiger partial charge is 0.407 e. The Hall–Kier alpha value is -4.33. The van der Waals surface area contributed by atoms with Gasteiger partial charge in [0.25, 0.3) is 0 Å². The van der Waals surface area contributed by atoms with Gasteiger partial charge in [-0.15, -0.1) is 0 Å². The third-order valence-corrected chi connectivity index (χ3v) is 4.94. The number of hydrogen-bond acceptors (Lipinski definition) is 7. The lowest BCUT2D eigenvalue weighted by atomic mass is 10.1. The van der Waals surface area contributed by atoms with Crippen LogP contribution in [-0.4, -0.2) is 25.7 Å². The molecule has 1 heterocycles. The Kier molecular flexibility index (Phi) is 6.54. The standard InChI is InChI=1S/C25H21NO7/c1-30-17-7-9-19-20-10-8-18(14-22(20)33-24(28)21(19)13-17)32-23(27)11-12-26-25(29)31-15-16-5-3-2-4-6-16/h2-10,13-14H,11-12,15H2,1H3,(H,26,29). The van der Waals surface area contributed by atoms with Gasteiger partial charge in [0.05, 0.1) is 18.9 Å². The van der Waals surface area contributed by atoms with E-state index in [4.69, 9.17) is 18.6 Å². The van der Waals surface area contributed by atoms with Crippen LogP contribution in [0.2, 0.25) is 0 Å². The molecule has 0 aliphatic rings. The molecule has 8 heteroatoms. The quantitative estimate of drug-likeness (QED) is 0.196. The number of benzene rings is 3. The molecule has 0 aliphatic carbocycles. The second-order valence-corrected chi connectivity index (χ2v) is 7.17. The monoisotopic (exact) mass is 447 g/mol. The first-order valence-corrected chi connectivity index (χ1v) is 10.2. The van der Waals surface area contributed by atoms with E-state index >= 15 is 0 Å². The fraction of sp³-hybridized carbons (Fsp3) is 0.160. The van der Waals surface area contributed by atoms with Crippen molar-refractivity contribution in [3.63, 3.8) is 0 Å². The summed E-state index contributed by atoms with van der Waals surface area (Å²) in [5.41, 5.74) is 0.644. The highest BCUT2D eigenvalue weighted by atomic mass is 16.5. The number of hydrogen-bond donors (Lipinski definition) is 1. The molecule has 0 spiro atoms. The summed E-state index contributed by atoms with van der Waals surface area (Å²) in [7, 11) is 1.52. The third kappa shape index (κ3) is 5.30. The molecule has 4 rings (SSSR count). The molecule has 168 valence electrons. The predicted octanol–water partition coefficient (Wildman–Crippen LogP) is 4.18. The summed E-state index contributed by atoms with van der Waals surface area (Å²) in [5, 5.41) is 4.31. The van der Waals surface area contributed by atoms with Crippen molar-refractivity contribution in [2.24, 2.45) is 0 Å². The number of rotatable bonds is 7. The van der Waals surface area contributed by atoms with Gasteiger partial charge < -0.3 is 23.9 Å². The van der Waals surface area contributed by atoms with Crippen LogP contribution in [0.25, 0.3) is 21.7 Å². The molecule has 33 heavy (non-hydrogen) atoms. The zero-order valence-electron chi connectivity index (χ0n) is 17.8. The van der Waals surface area contributed by atoms with Crippen molar-refractivity contribution in [3.05, 3.63) is 82.7 Å². The van der Waals surface area contributed by atoms with E-state index in [0.717, 1.165) is 5.56 Å². The van der Waals surface area contributed by atoms with Crippen LogP contribution in [0.5, 0.6) is 11.5 Å². The van der Waals surface area contributed by atoms with Crippen LogP contribution in [-0.2, 0) is 16.1 Å². The van der Waals surface area contributed by atoms with Crippen LogP contribution in [0.1, 0.15) is 12.0 Å². The molecule has 0 aliphatic heterocycles. The maximum absolute atomic E-state index is 12.4. The minimum atomic E-state index is -0.623. The van der Waals surface area contributed by atoms with Crippen LogP contribution in [0.3, 0.4) is 0 Å². The van der Waals surface area contributed by atoms with E-state index in [1.807, 2.05) is 30.3 Å². The van der Waals surface area contributed by atoms with E-state index in [-0.39, 0.29) is 25.3 Å². The summed E-state index contributed by atoms with van der Waals surface area (Å²) in [4.78, 5) is 36.2. The Morgan fingerprint density at radius 2 is 1.67 bits per heavy atom. The zero-order chi connectivity index (χ0) is 23.2. The maximum Gasteiger partial charge on any atom is 0.407 e. The third-order valence-electron chi connectivity index (χ3n) is 4.94. The lowest BCUT2D eigenvalue weighted by Crippen LogP contribution is -2.27. The van der Waals surface area contributed by atoms with Gasteiger partial charge in [-0.25, -0.2) is 9.59 Å². The van der Waals surface area contributed by atoms with Gasteiger partial charge in [-0.1, -0.05) is 30.3 Å². The van der Waals surface area contributed by atoms with E-state index in [1.54, 1.807) is 30.3 Å². The van der Waals surface area contributed by atoms with Crippen molar-refractivity contribution in [1.29, 1.82) is 0 Å². The number of amides is 1. The highest BCUT2D eigenvalue weighted by Crippen LogP contribution is 2.28. The number of ether oxygens (including phenoxy) is 3. The molecule has 0 saturated carbocycles. The number of carbonyl (C=O) groups is 2. The number of carbonyl (C=O) groups excluding carboxylic acids is 2. The first-order chi connectivity index (χ1) is 16.0. The molecule has 8 nitrogen and oxygen atoms in total. The van der Waals surface area contributed by atoms with Crippen LogP contribution in [0.4, 0.5) is 4.79 Å². The lowest BCUT2D eigenvalue weighted by molar-refractivity contribution is -0.134. The number of fused-ring (bicyclic) bond motifs is 3. The first-order valence-electron chi connectivity index (χ1n) is 10.2. The zero-order valence-corrected chi connectivity index (χ0v) is 17.8. The molecule has 4 aromatic rings. The van der Waals surface area contributed by atoms with Crippen molar-refractivity contribution < 1.29 is 28.2 Å². The SMILES string of the molecule is COc1ccc2c(c1)c(=O)oc1cc(OC(=O)CCNC(=O)OCc3ccccc3)ccc12. The van der Waals surface area contributed by atoms with E-state index in [2.05, 4.69) is 5.32 Å². The second-order valence-electron chi connectivity index (χ2n) is 7.17. The second kappa shape index (κ2) is 9.86. The summed E-state index contributed by atoms with van der Waals surface area (Å²) < 4.78 is 21.0. The van der Waals surface area contributed by atoms with Crippen LogP contribution < -0.4 is 20.4 Å². The van der Waals surface area contributed by atoms with E-state index < -0.39 is 17.7 Å². The molecule has 0 fully saturated rings. The predicted molar refractivity (Wildman–Crippen MR) is 121 cm³/mol. The van der Waals surface area contributed by atoms with Crippen LogP contribution in [0.15, 0.2) is 75.9 Å². The minimum absolute atomic E-state index is 0.0556. The van der Waals surface area contributed by atoms with E-state index in [0.29, 0.717) is 27.5 Å². The molecule has 1 aromatic heterocycles. The lowest BCUT2D eigenvalue weighted by Gasteiger charge is -2.08. The Morgan fingerprint density at radius 3 is 2.45 bits per heavy atom. The summed E-state index contributed by atoms with van der Waals surface area (Å²) in [5.74, 6) is 0.234. The maximum atomic E-state index is 12.4. The molecule has 1 amide bonds. The average Bonchev–Trinajstić information content (AvgIpc) is 2.83. The minimum Gasteiger partial charge on any atom is -0.497 e. The Morgan fingerprint density at radius 1 is 0.909 bits per heavy atom. The summed E-state index contributed by atoms with van der Waals surface area (Å²) in [6.45, 7) is 0.197. The van der Waals surface area contributed by atoms with Crippen molar-refractivity contribution >= 4 is 33.8 Å². The number of methoxy groups -OCH3 is 1. The first kappa shape index (κ1) is 21.9. The van der Waals surface area contributed by atoms with Crippen molar-refractivity contribution in [2.75, 3.05) is 13.7 Å². The summed E-state index contributed by atoms with van der Waals surface area (Å²) in [6.07, 6.45) is -0.678. The van der Waals surface area contributed by atoms with Gasteiger partial charge in [0.2, 0.25) is 0 Å². The van der Waals surface area contributed by atoms with Crippen LogP contribution >= 0.6 is 0 Å². The van der Waals surface area contributed by atoms with Gasteiger partial charge in [0.15, 0.2) is 0 Å². The number of esters is 1. The van der Waals surface area contributed by atoms with Crippen molar-refractivity contribution in [2.45, 2.75) is 13.0 Å². The number of nitrogens with one attached hydrogen (secondary N) is 1. The Balaban J connectivity index is 1.34. The molecule has 0 saturated heterocycles. The largest absolute Gasteiger partial charge is 0.497 e. The topological polar surface area (TPSA) is 104 Å². The Labute approximate surface area is 188 Å². The summed E-state index contributed by atoms with van der Waals surface area (Å²) >= 11 is 0. The molecular weight excluding hydrogens is 426 g/mol. The highest BCUT2D eigenvalue weighted by molar-refractivity contribution is 6.05. The Bertz CT molecular complexity index is 1360. The van der Waals surface area contributed by atoms with Crippen molar-refractivity contribution in [3.8, 4) is 11.5 Å². The van der Waals surface area contributed by atoms with Gasteiger partial charge in [-0.05, 0) is 35.9 Å². The average molecular weight is 447 g/mol. The van der Waals surface area contributed by atoms with E-state index in [1.165, 1.54) is 13.2 Å². The van der Waals surface area contributed by atoms with Gasteiger partial charge in [0.1, 0.15) is 23.7 Å². The molecule has 0 bridgehead atoms. The van der Waals surface area contributed by atoms with Gasteiger partial charge in [-0.2, -0.15) is 0 Å². The highest BCUT2D eigenvalue weighted by Gasteiger charge is 2.12. The van der Waals surface area contributed by atoms with Crippen molar-refractivity contribution in [1.82, 2.24) is 5.32 Å². The van der Waals surface area contributed by atoms with Gasteiger partial charge >= 0.3 is 17.7 Å². The fourth-order valence-electron chi connectivity index (χ4n) is 3.31. The van der Waals surface area contributed by atoms with Crippen LogP contribution in [0, 0.1) is 0 Å². The normalized spacial score (nSPS) is 10.7. The van der Waals surface area contributed by atoms with E-state index in [9.17, 15) is 14.4 Å². The fourth-order valence-corrected chi connectivity index (χ4v) is 3.31. The molecule has 1 N–H and O–H groups in total. The molecule has 0 atom stereocenters. The van der Waals surface area contributed by atoms with Gasteiger partial charge in [0, 0.05) is 23.4 Å². The molecule has 0 radical (unpaired) electrons. The molecule has 0 unspecified atom stereocenters. The number of alkyl carbamates (subject to hydrolysis) is 1. The summed E-state index contributed by atoms with van der Waals surface area (Å²) in [6, 6.07) is 19.2. The molecular formula is C25H21NO7. The van der Waals surface area contributed by atoms with Gasteiger partial charge in [-0.3, -0.25) is 4.79 Å². The molecule has 3 aromatic carbocycles.